The topological polar surface area (TPSA) is 73.6 Å². The third-order valence-corrected chi connectivity index (χ3v) is 2.25. The number of carbonyl (C=O) groups excluding carboxylic acids is 1. The number of methoxy groups -OCH3 is 1. The summed E-state index contributed by atoms with van der Waals surface area (Å²) in [5.41, 5.74) is 5.52. The van der Waals surface area contributed by atoms with E-state index in [1.807, 2.05) is 0 Å². The molecule has 0 spiro atoms. The van der Waals surface area contributed by atoms with E-state index in [1.165, 1.54) is 0 Å². The predicted molar refractivity (Wildman–Crippen MR) is 63.2 cm³/mol. The fourth-order valence-electron chi connectivity index (χ4n) is 1.18. The average Bonchev–Trinajstić information content (AvgIpc) is 2.22. The van der Waals surface area contributed by atoms with Crippen LogP contribution < -0.4 is 11.1 Å². The van der Waals surface area contributed by atoms with Gasteiger partial charge in [-0.15, -0.1) is 0 Å². The monoisotopic (exact) mass is 232 g/mol. The molecular formula is C11H24N2O3. The van der Waals surface area contributed by atoms with Gasteiger partial charge in [-0.1, -0.05) is 13.8 Å². The number of hydrogen-bond donors (Lipinski definition) is 2. The molecule has 0 aliphatic carbocycles. The highest BCUT2D eigenvalue weighted by Crippen LogP contribution is 2.17. The van der Waals surface area contributed by atoms with Gasteiger partial charge in [0.25, 0.3) is 0 Å². The van der Waals surface area contributed by atoms with E-state index >= 15 is 0 Å². The van der Waals surface area contributed by atoms with Crippen LogP contribution in [0, 0.1) is 5.41 Å². The predicted octanol–water partition coefficient (Wildman–Crippen LogP) is 0.141. The molecule has 0 bridgehead atoms. The van der Waals surface area contributed by atoms with Crippen molar-refractivity contribution < 1.29 is 14.3 Å². The summed E-state index contributed by atoms with van der Waals surface area (Å²) in [6, 6.07) is 0. The Balaban J connectivity index is 3.56. The third kappa shape index (κ3) is 8.64. The summed E-state index contributed by atoms with van der Waals surface area (Å²) in [6.07, 6.45) is 0.887. The molecule has 0 aromatic carbocycles. The SMILES string of the molecule is COCCOCC(=O)NCC(C)(C)CCN. The fraction of sp³-hybridized carbons (Fsp3) is 0.909. The molecular weight excluding hydrogens is 208 g/mol. The Bertz CT molecular complexity index is 196. The summed E-state index contributed by atoms with van der Waals surface area (Å²) in [5.74, 6) is -0.0961. The van der Waals surface area contributed by atoms with Crippen LogP contribution in [0.4, 0.5) is 0 Å². The van der Waals surface area contributed by atoms with Gasteiger partial charge in [0.05, 0.1) is 13.2 Å². The molecule has 0 aliphatic rings. The average molecular weight is 232 g/mol. The molecule has 96 valence electrons. The summed E-state index contributed by atoms with van der Waals surface area (Å²) < 4.78 is 9.90. The van der Waals surface area contributed by atoms with Crippen molar-refractivity contribution in [3.8, 4) is 0 Å². The Hall–Kier alpha value is -0.650. The molecule has 1 amide bonds. The largest absolute Gasteiger partial charge is 0.382 e. The molecule has 0 rings (SSSR count). The van der Waals surface area contributed by atoms with E-state index in [4.69, 9.17) is 15.2 Å². The molecule has 0 fully saturated rings. The van der Waals surface area contributed by atoms with Crippen molar-refractivity contribution >= 4 is 5.91 Å². The number of nitrogens with two attached hydrogens (primary N) is 1. The molecule has 0 saturated carbocycles. The lowest BCUT2D eigenvalue weighted by molar-refractivity contribution is -0.126. The molecule has 0 aromatic rings. The first-order valence-corrected chi connectivity index (χ1v) is 5.55. The lowest BCUT2D eigenvalue weighted by Crippen LogP contribution is -2.37. The zero-order chi connectivity index (χ0) is 12.4. The number of nitrogens with one attached hydrogen (secondary N) is 1. The van der Waals surface area contributed by atoms with Crippen LogP contribution in [0.15, 0.2) is 0 Å². The van der Waals surface area contributed by atoms with Crippen LogP contribution in [0.3, 0.4) is 0 Å². The van der Waals surface area contributed by atoms with Crippen LogP contribution in [0.2, 0.25) is 0 Å². The van der Waals surface area contributed by atoms with Crippen LogP contribution in [-0.2, 0) is 14.3 Å². The van der Waals surface area contributed by atoms with E-state index in [2.05, 4.69) is 19.2 Å². The van der Waals surface area contributed by atoms with Crippen molar-refractivity contribution in [2.45, 2.75) is 20.3 Å². The second-order valence-electron chi connectivity index (χ2n) is 4.53. The highest BCUT2D eigenvalue weighted by molar-refractivity contribution is 5.77. The van der Waals surface area contributed by atoms with E-state index in [-0.39, 0.29) is 17.9 Å². The van der Waals surface area contributed by atoms with Crippen LogP contribution in [-0.4, -0.2) is 45.9 Å². The fourth-order valence-corrected chi connectivity index (χ4v) is 1.18. The highest BCUT2D eigenvalue weighted by Gasteiger charge is 2.17. The molecule has 0 aromatic heterocycles. The minimum atomic E-state index is -0.0961. The van der Waals surface area contributed by atoms with Gasteiger partial charge >= 0.3 is 0 Å². The summed E-state index contributed by atoms with van der Waals surface area (Å²) >= 11 is 0. The van der Waals surface area contributed by atoms with Gasteiger partial charge in [-0.05, 0) is 18.4 Å². The van der Waals surface area contributed by atoms with E-state index in [0.717, 1.165) is 6.42 Å². The minimum Gasteiger partial charge on any atom is -0.382 e. The Labute approximate surface area is 97.7 Å². The lowest BCUT2D eigenvalue weighted by atomic mass is 9.89. The van der Waals surface area contributed by atoms with Crippen LogP contribution >= 0.6 is 0 Å². The molecule has 5 nitrogen and oxygen atoms in total. The molecule has 0 unspecified atom stereocenters. The van der Waals surface area contributed by atoms with Gasteiger partial charge < -0.3 is 20.5 Å². The zero-order valence-corrected chi connectivity index (χ0v) is 10.5. The van der Waals surface area contributed by atoms with Gasteiger partial charge in [0, 0.05) is 13.7 Å². The van der Waals surface area contributed by atoms with Crippen molar-refractivity contribution in [2.24, 2.45) is 11.1 Å². The van der Waals surface area contributed by atoms with E-state index < -0.39 is 0 Å². The van der Waals surface area contributed by atoms with Gasteiger partial charge in [-0.2, -0.15) is 0 Å². The summed E-state index contributed by atoms with van der Waals surface area (Å²) in [4.78, 5) is 11.3. The van der Waals surface area contributed by atoms with Gasteiger partial charge in [0.1, 0.15) is 6.61 Å². The highest BCUT2D eigenvalue weighted by atomic mass is 16.5. The molecule has 16 heavy (non-hydrogen) atoms. The molecule has 0 radical (unpaired) electrons. The van der Waals surface area contributed by atoms with Gasteiger partial charge in [0.2, 0.25) is 5.91 Å². The quantitative estimate of drug-likeness (QED) is 0.555. The van der Waals surface area contributed by atoms with E-state index in [0.29, 0.717) is 26.3 Å². The second-order valence-corrected chi connectivity index (χ2v) is 4.53. The normalized spacial score (nSPS) is 11.5. The van der Waals surface area contributed by atoms with Crippen molar-refractivity contribution in [1.29, 1.82) is 0 Å². The van der Waals surface area contributed by atoms with Gasteiger partial charge in [0.15, 0.2) is 0 Å². The summed E-state index contributed by atoms with van der Waals surface area (Å²) in [5, 5.41) is 2.82. The maximum atomic E-state index is 11.3. The number of amides is 1. The number of rotatable bonds is 9. The summed E-state index contributed by atoms with van der Waals surface area (Å²) in [6.45, 7) is 6.44. The second kappa shape index (κ2) is 8.50. The van der Waals surface area contributed by atoms with Crippen molar-refractivity contribution in [1.82, 2.24) is 5.32 Å². The van der Waals surface area contributed by atoms with Crippen molar-refractivity contribution in [3.63, 3.8) is 0 Å². The summed E-state index contributed by atoms with van der Waals surface area (Å²) in [7, 11) is 1.60. The molecule has 5 heteroatoms. The Morgan fingerprint density at radius 3 is 2.62 bits per heavy atom. The van der Waals surface area contributed by atoms with E-state index in [9.17, 15) is 4.79 Å². The van der Waals surface area contributed by atoms with Gasteiger partial charge in [-0.25, -0.2) is 0 Å². The molecule has 0 aliphatic heterocycles. The van der Waals surface area contributed by atoms with Crippen LogP contribution in [0.25, 0.3) is 0 Å². The first-order chi connectivity index (χ1) is 7.52. The molecule has 0 atom stereocenters. The molecule has 0 saturated heterocycles. The first-order valence-electron chi connectivity index (χ1n) is 5.55. The van der Waals surface area contributed by atoms with Crippen LogP contribution in [0.1, 0.15) is 20.3 Å². The van der Waals surface area contributed by atoms with E-state index in [1.54, 1.807) is 7.11 Å². The zero-order valence-electron chi connectivity index (χ0n) is 10.5. The van der Waals surface area contributed by atoms with Crippen molar-refractivity contribution in [3.05, 3.63) is 0 Å². The third-order valence-electron chi connectivity index (χ3n) is 2.25. The van der Waals surface area contributed by atoms with Gasteiger partial charge in [-0.3, -0.25) is 4.79 Å². The Kier molecular flexibility index (Phi) is 8.15. The smallest absolute Gasteiger partial charge is 0.246 e. The standard InChI is InChI=1S/C11H24N2O3/c1-11(2,4-5-12)9-13-10(14)8-16-7-6-15-3/h4-9,12H2,1-3H3,(H,13,14). The maximum absolute atomic E-state index is 11.3. The number of hydrogen-bond acceptors (Lipinski definition) is 4. The Morgan fingerprint density at radius 2 is 2.06 bits per heavy atom. The number of ether oxygens (including phenoxy) is 2. The molecule has 0 heterocycles. The number of carbonyl (C=O) groups is 1. The Morgan fingerprint density at radius 1 is 1.38 bits per heavy atom. The van der Waals surface area contributed by atoms with Crippen molar-refractivity contribution in [2.75, 3.05) is 40.0 Å². The van der Waals surface area contributed by atoms with Crippen LogP contribution in [0.5, 0.6) is 0 Å². The maximum Gasteiger partial charge on any atom is 0.246 e. The minimum absolute atomic E-state index is 0.0386. The molecule has 3 N–H and O–H groups in total. The first kappa shape index (κ1) is 15.3. The lowest BCUT2D eigenvalue weighted by Gasteiger charge is -2.24.